The van der Waals surface area contributed by atoms with Crippen molar-refractivity contribution in [1.29, 1.82) is 0 Å². The van der Waals surface area contributed by atoms with Crippen LogP contribution in [-0.2, 0) is 21.2 Å². The topological polar surface area (TPSA) is 131 Å². The number of aromatic nitrogens is 3. The molecule has 0 saturated heterocycles. The average Bonchev–Trinajstić information content (AvgIpc) is 3.09. The van der Waals surface area contributed by atoms with Gasteiger partial charge in [-0.05, 0) is 42.5 Å². The number of sulfone groups is 1. The maximum Gasteiger partial charge on any atom is 0.224 e. The van der Waals surface area contributed by atoms with E-state index in [1.165, 1.54) is 6.26 Å². The Balaban J connectivity index is 0.00000243. The Kier molecular flexibility index (Phi) is 6.05. The zero-order valence-electron chi connectivity index (χ0n) is 14.4. The van der Waals surface area contributed by atoms with Crippen LogP contribution >= 0.6 is 12.4 Å². The first kappa shape index (κ1) is 20.3. The lowest BCUT2D eigenvalue weighted by Crippen LogP contribution is -2.23. The molecule has 1 aliphatic rings. The Labute approximate surface area is 158 Å². The molecule has 1 heterocycles. The van der Waals surface area contributed by atoms with Gasteiger partial charge in [-0.15, -0.1) is 12.4 Å². The summed E-state index contributed by atoms with van der Waals surface area (Å²) in [5.41, 5.74) is 6.58. The number of hydrogen-bond donors (Lipinski definition) is 3. The summed E-state index contributed by atoms with van der Waals surface area (Å²) < 4.78 is 22.9. The van der Waals surface area contributed by atoms with Gasteiger partial charge in [-0.25, -0.2) is 13.4 Å². The van der Waals surface area contributed by atoms with Crippen molar-refractivity contribution in [3.8, 4) is 11.4 Å². The summed E-state index contributed by atoms with van der Waals surface area (Å²) >= 11 is 0. The SMILES string of the molecule is CS(=O)(=O)CC1(CC(=O)Nc2ccc(-c3n[nH]c(CN)n3)cc2)CC1.Cl. The summed E-state index contributed by atoms with van der Waals surface area (Å²) in [5.74, 6) is 1.05. The molecule has 8 nitrogen and oxygen atoms in total. The Morgan fingerprint density at radius 1 is 1.31 bits per heavy atom. The van der Waals surface area contributed by atoms with Crippen LogP contribution in [0.3, 0.4) is 0 Å². The van der Waals surface area contributed by atoms with Crippen molar-refractivity contribution < 1.29 is 13.2 Å². The van der Waals surface area contributed by atoms with Crippen LogP contribution in [0, 0.1) is 5.41 Å². The van der Waals surface area contributed by atoms with Gasteiger partial charge in [0.05, 0.1) is 12.3 Å². The highest BCUT2D eigenvalue weighted by molar-refractivity contribution is 7.90. The molecule has 0 unspecified atom stereocenters. The minimum Gasteiger partial charge on any atom is -0.326 e. The molecule has 26 heavy (non-hydrogen) atoms. The van der Waals surface area contributed by atoms with Crippen molar-refractivity contribution in [2.75, 3.05) is 17.3 Å². The van der Waals surface area contributed by atoms with Gasteiger partial charge < -0.3 is 11.1 Å². The molecule has 2 aromatic rings. The number of H-pyrrole nitrogens is 1. The molecule has 1 aromatic carbocycles. The Hall–Kier alpha value is -1.97. The van der Waals surface area contributed by atoms with Crippen LogP contribution in [0.2, 0.25) is 0 Å². The van der Waals surface area contributed by atoms with Crippen molar-refractivity contribution >= 4 is 33.8 Å². The molecule has 1 aromatic heterocycles. The van der Waals surface area contributed by atoms with Gasteiger partial charge in [-0.2, -0.15) is 5.10 Å². The zero-order valence-corrected chi connectivity index (χ0v) is 16.0. The summed E-state index contributed by atoms with van der Waals surface area (Å²) in [6.07, 6.45) is 2.99. The number of rotatable bonds is 7. The monoisotopic (exact) mass is 399 g/mol. The number of nitrogens with two attached hydrogens (primary N) is 1. The summed E-state index contributed by atoms with van der Waals surface area (Å²) in [4.78, 5) is 16.4. The number of carbonyl (C=O) groups excluding carboxylic acids is 1. The van der Waals surface area contributed by atoms with Crippen LogP contribution in [0.25, 0.3) is 11.4 Å². The third-order valence-corrected chi connectivity index (χ3v) is 5.35. The minimum absolute atomic E-state index is 0. The first-order chi connectivity index (χ1) is 11.8. The van der Waals surface area contributed by atoms with E-state index in [0.717, 1.165) is 18.4 Å². The van der Waals surface area contributed by atoms with Gasteiger partial charge in [0.2, 0.25) is 5.91 Å². The summed E-state index contributed by atoms with van der Waals surface area (Å²) in [6, 6.07) is 7.15. The van der Waals surface area contributed by atoms with Crippen molar-refractivity contribution in [1.82, 2.24) is 15.2 Å². The quantitative estimate of drug-likeness (QED) is 0.646. The second-order valence-corrected chi connectivity index (χ2v) is 8.82. The normalized spacial score (nSPS) is 15.2. The maximum atomic E-state index is 12.2. The lowest BCUT2D eigenvalue weighted by molar-refractivity contribution is -0.117. The second-order valence-electron chi connectivity index (χ2n) is 6.68. The molecule has 0 bridgehead atoms. The van der Waals surface area contributed by atoms with E-state index >= 15 is 0 Å². The molecule has 4 N–H and O–H groups in total. The highest BCUT2D eigenvalue weighted by atomic mass is 35.5. The van der Waals surface area contributed by atoms with Gasteiger partial charge in [0.25, 0.3) is 0 Å². The lowest BCUT2D eigenvalue weighted by atomic mass is 10.1. The Bertz CT molecular complexity index is 876. The molecule has 1 aliphatic carbocycles. The van der Waals surface area contributed by atoms with Crippen LogP contribution in [0.4, 0.5) is 5.69 Å². The minimum atomic E-state index is -3.08. The summed E-state index contributed by atoms with van der Waals surface area (Å²) in [6.45, 7) is 0.288. The van der Waals surface area contributed by atoms with Gasteiger partial charge in [-0.3, -0.25) is 9.89 Å². The number of hydrogen-bond acceptors (Lipinski definition) is 6. The number of nitrogens with one attached hydrogen (secondary N) is 2. The van der Waals surface area contributed by atoms with E-state index < -0.39 is 9.84 Å². The zero-order chi connectivity index (χ0) is 18.1. The van der Waals surface area contributed by atoms with Gasteiger partial charge in [0.15, 0.2) is 5.82 Å². The van der Waals surface area contributed by atoms with Gasteiger partial charge in [0.1, 0.15) is 15.7 Å². The number of anilines is 1. The summed E-state index contributed by atoms with van der Waals surface area (Å²) in [7, 11) is -3.08. The first-order valence-electron chi connectivity index (χ1n) is 7.98. The van der Waals surface area contributed by atoms with E-state index in [1.54, 1.807) is 12.1 Å². The van der Waals surface area contributed by atoms with Crippen molar-refractivity contribution in [3.05, 3.63) is 30.1 Å². The predicted octanol–water partition coefficient (Wildman–Crippen LogP) is 1.51. The fraction of sp³-hybridized carbons (Fsp3) is 0.438. The van der Waals surface area contributed by atoms with Crippen molar-refractivity contribution in [2.45, 2.75) is 25.8 Å². The van der Waals surface area contributed by atoms with Gasteiger partial charge in [0, 0.05) is 23.9 Å². The maximum absolute atomic E-state index is 12.2. The number of benzene rings is 1. The van der Waals surface area contributed by atoms with E-state index in [4.69, 9.17) is 5.73 Å². The summed E-state index contributed by atoms with van der Waals surface area (Å²) in [5, 5.41) is 9.64. The van der Waals surface area contributed by atoms with Crippen molar-refractivity contribution in [2.24, 2.45) is 11.1 Å². The molecule has 1 fully saturated rings. The number of carbonyl (C=O) groups is 1. The Morgan fingerprint density at radius 2 is 1.96 bits per heavy atom. The standard InChI is InChI=1S/C16H21N5O3S.ClH/c1-25(23,24)10-16(6-7-16)8-14(22)18-12-4-2-11(3-5-12)15-19-13(9-17)20-21-15;/h2-5H,6-10,17H2,1H3,(H,18,22)(H,19,20,21);1H. The molecule has 0 aliphatic heterocycles. The molecule has 0 spiro atoms. The van der Waals surface area contributed by atoms with Crippen LogP contribution in [0.15, 0.2) is 24.3 Å². The van der Waals surface area contributed by atoms with E-state index in [0.29, 0.717) is 17.3 Å². The highest BCUT2D eigenvalue weighted by Crippen LogP contribution is 2.49. The molecule has 142 valence electrons. The highest BCUT2D eigenvalue weighted by Gasteiger charge is 2.46. The number of halogens is 1. The third kappa shape index (κ3) is 5.26. The third-order valence-electron chi connectivity index (χ3n) is 4.21. The van der Waals surface area contributed by atoms with E-state index in [9.17, 15) is 13.2 Å². The second kappa shape index (κ2) is 7.73. The molecule has 10 heteroatoms. The Morgan fingerprint density at radius 3 is 2.46 bits per heavy atom. The molecule has 1 saturated carbocycles. The smallest absolute Gasteiger partial charge is 0.224 e. The average molecular weight is 400 g/mol. The number of aromatic amines is 1. The van der Waals surface area contributed by atoms with Gasteiger partial charge >= 0.3 is 0 Å². The number of amides is 1. The van der Waals surface area contributed by atoms with Crippen molar-refractivity contribution in [3.63, 3.8) is 0 Å². The molecule has 1 amide bonds. The van der Waals surface area contributed by atoms with E-state index in [1.807, 2.05) is 12.1 Å². The molecular formula is C16H22ClN5O3S. The number of nitrogens with zero attached hydrogens (tertiary/aromatic N) is 2. The van der Waals surface area contributed by atoms with Crippen LogP contribution < -0.4 is 11.1 Å². The molecular weight excluding hydrogens is 378 g/mol. The van der Waals surface area contributed by atoms with E-state index in [2.05, 4.69) is 20.5 Å². The first-order valence-corrected chi connectivity index (χ1v) is 10.0. The van der Waals surface area contributed by atoms with Crippen LogP contribution in [0.1, 0.15) is 25.1 Å². The molecule has 0 atom stereocenters. The van der Waals surface area contributed by atoms with Crippen LogP contribution in [-0.4, -0.2) is 41.5 Å². The van der Waals surface area contributed by atoms with Crippen LogP contribution in [0.5, 0.6) is 0 Å². The fourth-order valence-electron chi connectivity index (χ4n) is 2.87. The van der Waals surface area contributed by atoms with E-state index in [-0.39, 0.29) is 42.4 Å². The molecule has 3 rings (SSSR count). The van der Waals surface area contributed by atoms with Gasteiger partial charge in [-0.1, -0.05) is 0 Å². The largest absolute Gasteiger partial charge is 0.326 e. The predicted molar refractivity (Wildman–Crippen MR) is 102 cm³/mol. The lowest BCUT2D eigenvalue weighted by Gasteiger charge is -2.13. The fourth-order valence-corrected chi connectivity index (χ4v) is 4.37. The molecule has 0 radical (unpaired) electrons.